The predicted octanol–water partition coefficient (Wildman–Crippen LogP) is 2.68. The summed E-state index contributed by atoms with van der Waals surface area (Å²) in [6.45, 7) is 5.29. The van der Waals surface area contributed by atoms with E-state index in [0.717, 1.165) is 34.3 Å². The fourth-order valence-electron chi connectivity index (χ4n) is 1.07. The Labute approximate surface area is 101 Å². The van der Waals surface area contributed by atoms with E-state index in [9.17, 15) is 4.79 Å². The molecule has 0 aromatic carbocycles. The van der Waals surface area contributed by atoms with Crippen molar-refractivity contribution in [3.05, 3.63) is 15.9 Å². The van der Waals surface area contributed by atoms with Crippen molar-refractivity contribution in [3.8, 4) is 0 Å². The van der Waals surface area contributed by atoms with Crippen molar-refractivity contribution in [2.75, 3.05) is 0 Å². The smallest absolute Gasteiger partial charge is 0.315 e. The van der Waals surface area contributed by atoms with Crippen LogP contribution in [0, 0.1) is 6.92 Å². The molecule has 0 aliphatic carbocycles. The summed E-state index contributed by atoms with van der Waals surface area (Å²) in [6.07, 6.45) is 0.866. The molecule has 0 aliphatic rings. The lowest BCUT2D eigenvalue weighted by molar-refractivity contribution is -0.130. The highest BCUT2D eigenvalue weighted by Crippen LogP contribution is 2.22. The zero-order valence-electron chi connectivity index (χ0n) is 8.70. The molecule has 0 aliphatic heterocycles. The SMILES string of the molecule is CCc1c(C)nc(SOC(C)=O)nc1Br. The molecule has 0 amide bonds. The van der Waals surface area contributed by atoms with Crippen molar-refractivity contribution in [1.29, 1.82) is 0 Å². The van der Waals surface area contributed by atoms with Crippen LogP contribution in [0.3, 0.4) is 0 Å². The maximum Gasteiger partial charge on any atom is 0.315 e. The van der Waals surface area contributed by atoms with Crippen LogP contribution in [0.4, 0.5) is 0 Å². The molecule has 1 rings (SSSR count). The molecule has 6 heteroatoms. The summed E-state index contributed by atoms with van der Waals surface area (Å²) in [5.74, 6) is -0.364. The summed E-state index contributed by atoms with van der Waals surface area (Å²) < 4.78 is 5.50. The third kappa shape index (κ3) is 3.46. The highest BCUT2D eigenvalue weighted by Gasteiger charge is 2.09. The van der Waals surface area contributed by atoms with Gasteiger partial charge in [0.2, 0.25) is 5.16 Å². The number of hydrogen-bond donors (Lipinski definition) is 0. The fraction of sp³-hybridized carbons (Fsp3) is 0.444. The van der Waals surface area contributed by atoms with E-state index in [4.69, 9.17) is 4.18 Å². The fourth-order valence-corrected chi connectivity index (χ4v) is 2.42. The van der Waals surface area contributed by atoms with Gasteiger partial charge in [0.15, 0.2) is 0 Å². The van der Waals surface area contributed by atoms with E-state index in [2.05, 4.69) is 25.9 Å². The molecule has 0 atom stereocenters. The van der Waals surface area contributed by atoms with Gasteiger partial charge in [0.05, 0.1) is 0 Å². The maximum atomic E-state index is 10.6. The first kappa shape index (κ1) is 12.4. The second kappa shape index (κ2) is 5.46. The summed E-state index contributed by atoms with van der Waals surface area (Å²) in [6, 6.07) is 0. The Kier molecular flexibility index (Phi) is 4.53. The van der Waals surface area contributed by atoms with Crippen LogP contribution >= 0.6 is 28.0 Å². The van der Waals surface area contributed by atoms with Crippen LogP contribution in [0.5, 0.6) is 0 Å². The van der Waals surface area contributed by atoms with E-state index in [1.165, 1.54) is 6.92 Å². The number of carbonyl (C=O) groups excluding carboxylic acids is 1. The van der Waals surface area contributed by atoms with Gasteiger partial charge in [0.25, 0.3) is 0 Å². The van der Waals surface area contributed by atoms with Crippen LogP contribution in [0.25, 0.3) is 0 Å². The van der Waals surface area contributed by atoms with E-state index in [1.807, 2.05) is 13.8 Å². The van der Waals surface area contributed by atoms with E-state index >= 15 is 0 Å². The standard InChI is InChI=1S/C9H11BrN2O2S/c1-4-7-5(2)11-9(12-8(7)10)15-14-6(3)13/h4H2,1-3H3. The number of rotatable bonds is 3. The molecule has 82 valence electrons. The van der Waals surface area contributed by atoms with Crippen LogP contribution in [0.15, 0.2) is 9.76 Å². The van der Waals surface area contributed by atoms with E-state index in [-0.39, 0.29) is 5.97 Å². The lowest BCUT2D eigenvalue weighted by Gasteiger charge is -2.06. The van der Waals surface area contributed by atoms with Crippen LogP contribution in [0.2, 0.25) is 0 Å². The van der Waals surface area contributed by atoms with Gasteiger partial charge in [-0.15, -0.1) is 0 Å². The summed E-state index contributed by atoms with van der Waals surface area (Å²) >= 11 is 4.23. The molecular formula is C9H11BrN2O2S. The van der Waals surface area contributed by atoms with Crippen LogP contribution < -0.4 is 0 Å². The molecule has 0 radical (unpaired) electrons. The minimum Gasteiger partial charge on any atom is -0.383 e. The van der Waals surface area contributed by atoms with Crippen LogP contribution in [0.1, 0.15) is 25.1 Å². The van der Waals surface area contributed by atoms with Gasteiger partial charge in [0, 0.05) is 18.2 Å². The van der Waals surface area contributed by atoms with Crippen molar-refractivity contribution in [3.63, 3.8) is 0 Å². The van der Waals surface area contributed by atoms with Gasteiger partial charge < -0.3 is 4.18 Å². The predicted molar refractivity (Wildman–Crippen MR) is 61.5 cm³/mol. The number of hydrogen-bond acceptors (Lipinski definition) is 5. The van der Waals surface area contributed by atoms with Crippen LogP contribution in [-0.2, 0) is 15.4 Å². The summed E-state index contributed by atoms with van der Waals surface area (Å²) in [7, 11) is 0. The Balaban J connectivity index is 2.88. The van der Waals surface area contributed by atoms with Gasteiger partial charge in [-0.25, -0.2) is 9.97 Å². The lowest BCUT2D eigenvalue weighted by atomic mass is 10.2. The van der Waals surface area contributed by atoms with Crippen molar-refractivity contribution >= 4 is 33.9 Å². The highest BCUT2D eigenvalue weighted by molar-refractivity contribution is 9.10. The molecule has 0 fully saturated rings. The average molecular weight is 291 g/mol. The number of carbonyl (C=O) groups is 1. The van der Waals surface area contributed by atoms with Crippen molar-refractivity contribution in [2.45, 2.75) is 32.3 Å². The third-order valence-electron chi connectivity index (χ3n) is 1.73. The van der Waals surface area contributed by atoms with E-state index in [0.29, 0.717) is 5.16 Å². The molecule has 1 aromatic rings. The van der Waals surface area contributed by atoms with Gasteiger partial charge in [-0.2, -0.15) is 0 Å². The monoisotopic (exact) mass is 290 g/mol. The largest absolute Gasteiger partial charge is 0.383 e. The van der Waals surface area contributed by atoms with Gasteiger partial charge >= 0.3 is 5.97 Å². The topological polar surface area (TPSA) is 52.1 Å². The molecule has 0 bridgehead atoms. The molecule has 4 nitrogen and oxygen atoms in total. The number of aryl methyl sites for hydroxylation is 1. The van der Waals surface area contributed by atoms with Gasteiger partial charge in [0.1, 0.15) is 16.6 Å². The van der Waals surface area contributed by atoms with E-state index < -0.39 is 0 Å². The Morgan fingerprint density at radius 2 is 2.20 bits per heavy atom. The Morgan fingerprint density at radius 3 is 2.67 bits per heavy atom. The zero-order valence-corrected chi connectivity index (χ0v) is 11.1. The molecule has 0 N–H and O–H groups in total. The molecule has 0 saturated heterocycles. The number of halogens is 1. The Hall–Kier alpha value is -0.620. The normalized spacial score (nSPS) is 10.1. The molecular weight excluding hydrogens is 280 g/mol. The Morgan fingerprint density at radius 1 is 1.53 bits per heavy atom. The lowest BCUT2D eigenvalue weighted by Crippen LogP contribution is -2.00. The molecule has 0 spiro atoms. The van der Waals surface area contributed by atoms with E-state index in [1.54, 1.807) is 0 Å². The molecule has 1 heterocycles. The van der Waals surface area contributed by atoms with Gasteiger partial charge in [-0.3, -0.25) is 4.79 Å². The second-order valence-corrected chi connectivity index (χ2v) is 4.32. The molecule has 0 saturated carbocycles. The zero-order chi connectivity index (χ0) is 11.4. The summed E-state index contributed by atoms with van der Waals surface area (Å²) in [5.41, 5.74) is 1.97. The summed E-state index contributed by atoms with van der Waals surface area (Å²) in [5, 5.41) is 0.437. The average Bonchev–Trinajstić information content (AvgIpc) is 2.14. The minimum absolute atomic E-state index is 0.364. The van der Waals surface area contributed by atoms with Crippen molar-refractivity contribution in [1.82, 2.24) is 9.97 Å². The number of aromatic nitrogens is 2. The van der Waals surface area contributed by atoms with Gasteiger partial charge in [-0.1, -0.05) is 6.92 Å². The highest BCUT2D eigenvalue weighted by atomic mass is 79.9. The van der Waals surface area contributed by atoms with Crippen LogP contribution in [-0.4, -0.2) is 15.9 Å². The first-order chi connectivity index (χ1) is 7.04. The molecule has 0 unspecified atom stereocenters. The molecule has 15 heavy (non-hydrogen) atoms. The molecule has 1 aromatic heterocycles. The van der Waals surface area contributed by atoms with Gasteiger partial charge in [-0.05, 0) is 29.3 Å². The van der Waals surface area contributed by atoms with Crippen molar-refractivity contribution in [2.24, 2.45) is 0 Å². The summed E-state index contributed by atoms with van der Waals surface area (Å²) in [4.78, 5) is 19.0. The Bertz CT molecular complexity index is 361. The van der Waals surface area contributed by atoms with Crippen molar-refractivity contribution < 1.29 is 8.98 Å². The first-order valence-corrected chi connectivity index (χ1v) is 5.96. The second-order valence-electron chi connectivity index (χ2n) is 2.87. The third-order valence-corrected chi connectivity index (χ3v) is 3.04. The first-order valence-electron chi connectivity index (χ1n) is 4.42. The quantitative estimate of drug-likeness (QED) is 0.487. The minimum atomic E-state index is -0.364. The number of nitrogens with zero attached hydrogens (tertiary/aromatic N) is 2. The maximum absolute atomic E-state index is 10.6.